The average molecular weight is 514 g/mol. The number of aryl methyl sites for hydroxylation is 2. The third kappa shape index (κ3) is 4.08. The number of anilines is 1. The highest BCUT2D eigenvalue weighted by atomic mass is 35.5. The maximum Gasteiger partial charge on any atom is 0.277 e. The summed E-state index contributed by atoms with van der Waals surface area (Å²) in [4.78, 5) is -0.448. The molecule has 3 rings (SSSR count). The van der Waals surface area contributed by atoms with Crippen LogP contribution in [0.2, 0.25) is 10.0 Å². The van der Waals surface area contributed by atoms with E-state index in [1.165, 1.54) is 38.1 Å². The lowest BCUT2D eigenvalue weighted by Gasteiger charge is -2.28. The number of aromatic hydroxyl groups is 1. The Balaban J connectivity index is 2.44. The quantitative estimate of drug-likeness (QED) is 0.484. The van der Waals surface area contributed by atoms with Crippen LogP contribution in [0.4, 0.5) is 5.69 Å². The summed E-state index contributed by atoms with van der Waals surface area (Å²) < 4.78 is 55.3. The SMILES string of the molecule is Cc1ccc(S(=O)(=O)N(c2c(C)c(Cl)c(O)c(Cl)c2C)S(=O)(=O)c2ccc(C)cc2)cc1. The molecule has 0 atom stereocenters. The summed E-state index contributed by atoms with van der Waals surface area (Å²) in [6.45, 7) is 6.40. The van der Waals surface area contributed by atoms with Gasteiger partial charge >= 0.3 is 0 Å². The summed E-state index contributed by atoms with van der Waals surface area (Å²) >= 11 is 12.4. The van der Waals surface area contributed by atoms with Gasteiger partial charge in [0.1, 0.15) is 0 Å². The van der Waals surface area contributed by atoms with Crippen LogP contribution in [0, 0.1) is 27.7 Å². The van der Waals surface area contributed by atoms with E-state index in [-0.39, 0.29) is 36.7 Å². The summed E-state index contributed by atoms with van der Waals surface area (Å²) in [7, 11) is -9.26. The molecule has 0 spiro atoms. The monoisotopic (exact) mass is 513 g/mol. The fourth-order valence-corrected chi connectivity index (χ4v) is 7.53. The summed E-state index contributed by atoms with van der Waals surface area (Å²) in [6, 6.07) is 11.6. The molecule has 0 fully saturated rings. The Kier molecular flexibility index (Phi) is 6.55. The summed E-state index contributed by atoms with van der Waals surface area (Å²) in [5, 5.41) is 9.72. The van der Waals surface area contributed by atoms with Crippen LogP contribution >= 0.6 is 23.2 Å². The van der Waals surface area contributed by atoms with Crippen LogP contribution in [0.1, 0.15) is 22.3 Å². The number of halogens is 2. The molecule has 0 aromatic heterocycles. The Morgan fingerprint density at radius 3 is 1.28 bits per heavy atom. The molecule has 0 amide bonds. The van der Waals surface area contributed by atoms with E-state index in [2.05, 4.69) is 0 Å². The van der Waals surface area contributed by atoms with E-state index < -0.39 is 25.8 Å². The van der Waals surface area contributed by atoms with Gasteiger partial charge in [0.25, 0.3) is 20.0 Å². The van der Waals surface area contributed by atoms with Crippen molar-refractivity contribution in [1.82, 2.24) is 0 Å². The number of phenolic OH excluding ortho intramolecular Hbond substituents is 1. The lowest BCUT2D eigenvalue weighted by molar-refractivity contribution is 0.475. The summed E-state index contributed by atoms with van der Waals surface area (Å²) in [5.74, 6) is -0.451. The number of nitrogens with zero attached hydrogens (tertiary/aromatic N) is 1. The van der Waals surface area contributed by atoms with E-state index in [4.69, 9.17) is 23.2 Å². The molecule has 0 radical (unpaired) electrons. The Hall–Kier alpha value is -2.26. The highest BCUT2D eigenvalue weighted by Gasteiger charge is 2.40. The minimum atomic E-state index is -4.63. The third-order valence-corrected chi connectivity index (χ3v) is 10.1. The maximum atomic E-state index is 13.7. The normalized spacial score (nSPS) is 12.1. The lowest BCUT2D eigenvalue weighted by atomic mass is 10.1. The Morgan fingerprint density at radius 2 is 0.969 bits per heavy atom. The van der Waals surface area contributed by atoms with E-state index in [1.54, 1.807) is 38.1 Å². The fourth-order valence-electron chi connectivity index (χ4n) is 3.20. The summed E-state index contributed by atoms with van der Waals surface area (Å²) in [5.41, 5.74) is 1.48. The zero-order chi connectivity index (χ0) is 24.0. The molecular formula is C22H21Cl2NO5S2. The molecule has 0 aliphatic carbocycles. The molecule has 170 valence electrons. The molecule has 3 aromatic carbocycles. The van der Waals surface area contributed by atoms with E-state index in [0.717, 1.165) is 11.1 Å². The Morgan fingerprint density at radius 1 is 0.656 bits per heavy atom. The average Bonchev–Trinajstić information content (AvgIpc) is 2.74. The molecule has 0 bridgehead atoms. The second-order valence-corrected chi connectivity index (χ2v) is 12.0. The van der Waals surface area contributed by atoms with Crippen LogP contribution in [-0.4, -0.2) is 21.9 Å². The molecule has 0 aliphatic heterocycles. The molecule has 1 N–H and O–H groups in total. The first-order valence-electron chi connectivity index (χ1n) is 9.41. The predicted octanol–water partition coefficient (Wildman–Crippen LogP) is 5.52. The Bertz CT molecular complexity index is 1300. The highest BCUT2D eigenvalue weighted by molar-refractivity contribution is 8.10. The standard InChI is InChI=1S/C22H21Cl2NO5S2/c1-13-5-9-17(10-6-13)31(27,28)25(32(29,30)18-11-7-14(2)8-12-18)21-15(3)19(23)22(26)20(24)16(21)4/h5-12,26H,1-4H3. The number of sulfonamides is 2. The molecule has 0 aliphatic rings. The zero-order valence-corrected chi connectivity index (χ0v) is 20.9. The molecule has 0 heterocycles. The largest absolute Gasteiger partial charge is 0.505 e. The van der Waals surface area contributed by atoms with Crippen molar-refractivity contribution in [2.24, 2.45) is 0 Å². The van der Waals surface area contributed by atoms with Gasteiger partial charge in [0, 0.05) is 0 Å². The van der Waals surface area contributed by atoms with Crippen molar-refractivity contribution in [3.05, 3.63) is 80.8 Å². The molecule has 0 saturated heterocycles. The van der Waals surface area contributed by atoms with E-state index >= 15 is 0 Å². The predicted molar refractivity (Wildman–Crippen MR) is 127 cm³/mol. The van der Waals surface area contributed by atoms with Crippen LogP contribution in [0.3, 0.4) is 0 Å². The molecule has 0 unspecified atom stereocenters. The van der Waals surface area contributed by atoms with Crippen LogP contribution < -0.4 is 3.71 Å². The van der Waals surface area contributed by atoms with Crippen LogP contribution in [0.5, 0.6) is 5.75 Å². The number of rotatable bonds is 5. The van der Waals surface area contributed by atoms with Gasteiger partial charge in [-0.2, -0.15) is 3.71 Å². The lowest BCUT2D eigenvalue weighted by Crippen LogP contribution is -2.38. The van der Waals surface area contributed by atoms with Crippen molar-refractivity contribution < 1.29 is 21.9 Å². The topological polar surface area (TPSA) is 91.8 Å². The van der Waals surface area contributed by atoms with Gasteiger partial charge in [0.15, 0.2) is 5.75 Å². The molecule has 3 aromatic rings. The van der Waals surface area contributed by atoms with Crippen LogP contribution in [0.25, 0.3) is 0 Å². The molecule has 0 saturated carbocycles. The number of hydrogen-bond acceptors (Lipinski definition) is 5. The van der Waals surface area contributed by atoms with Gasteiger partial charge in [-0.15, -0.1) is 0 Å². The van der Waals surface area contributed by atoms with Crippen LogP contribution in [0.15, 0.2) is 58.3 Å². The minimum absolute atomic E-state index is 0.0532. The molecule has 6 nitrogen and oxygen atoms in total. The highest BCUT2D eigenvalue weighted by Crippen LogP contribution is 2.46. The van der Waals surface area contributed by atoms with Crippen molar-refractivity contribution in [3.8, 4) is 5.75 Å². The third-order valence-electron chi connectivity index (χ3n) is 5.04. The first-order chi connectivity index (χ1) is 14.8. The van der Waals surface area contributed by atoms with Gasteiger partial charge in [0.05, 0.1) is 25.5 Å². The van der Waals surface area contributed by atoms with E-state index in [1.807, 2.05) is 0 Å². The number of benzene rings is 3. The van der Waals surface area contributed by atoms with Crippen molar-refractivity contribution in [2.75, 3.05) is 3.71 Å². The second-order valence-electron chi connectivity index (χ2n) is 7.41. The van der Waals surface area contributed by atoms with Gasteiger partial charge in [-0.1, -0.05) is 58.6 Å². The van der Waals surface area contributed by atoms with E-state index in [9.17, 15) is 21.9 Å². The van der Waals surface area contributed by atoms with E-state index in [0.29, 0.717) is 3.71 Å². The van der Waals surface area contributed by atoms with Crippen molar-refractivity contribution >= 4 is 48.9 Å². The van der Waals surface area contributed by atoms with Crippen LogP contribution in [-0.2, 0) is 20.0 Å². The smallest absolute Gasteiger partial charge is 0.277 e. The molecule has 32 heavy (non-hydrogen) atoms. The van der Waals surface area contributed by atoms with Gasteiger partial charge in [-0.3, -0.25) is 0 Å². The van der Waals surface area contributed by atoms with Crippen molar-refractivity contribution in [1.29, 1.82) is 0 Å². The van der Waals surface area contributed by atoms with Crippen molar-refractivity contribution in [2.45, 2.75) is 37.5 Å². The zero-order valence-electron chi connectivity index (χ0n) is 17.7. The first-order valence-corrected chi connectivity index (χ1v) is 13.0. The van der Waals surface area contributed by atoms with Crippen molar-refractivity contribution in [3.63, 3.8) is 0 Å². The van der Waals surface area contributed by atoms with Gasteiger partial charge < -0.3 is 5.11 Å². The first kappa shape index (κ1) is 24.4. The Labute approximate surface area is 198 Å². The van der Waals surface area contributed by atoms with Gasteiger partial charge in [0.2, 0.25) is 0 Å². The summed E-state index contributed by atoms with van der Waals surface area (Å²) in [6.07, 6.45) is 0. The maximum absolute atomic E-state index is 13.7. The number of hydrogen-bond donors (Lipinski definition) is 1. The number of phenols is 1. The van der Waals surface area contributed by atoms with Gasteiger partial charge in [-0.05, 0) is 63.1 Å². The molecule has 10 heteroatoms. The molecular weight excluding hydrogens is 493 g/mol. The second kappa shape index (κ2) is 8.59. The van der Waals surface area contributed by atoms with Gasteiger partial charge in [-0.25, -0.2) is 16.8 Å². The minimum Gasteiger partial charge on any atom is -0.505 e. The fraction of sp³-hybridized carbons (Fsp3) is 0.182.